The number of carbonyl (C=O) groups is 1. The van der Waals surface area contributed by atoms with E-state index >= 15 is 0 Å². The molecule has 0 aliphatic rings. The topological polar surface area (TPSA) is 92.7 Å². The smallest absolute Gasteiger partial charge is 0.262 e. The zero-order chi connectivity index (χ0) is 19.0. The Labute approximate surface area is 159 Å². The van der Waals surface area contributed by atoms with Gasteiger partial charge in [0.05, 0.1) is 27.6 Å². The number of aryl methyl sites for hydroxylation is 3. The van der Waals surface area contributed by atoms with Gasteiger partial charge >= 0.3 is 0 Å². The van der Waals surface area contributed by atoms with Crippen molar-refractivity contribution in [1.82, 2.24) is 24.8 Å². The van der Waals surface area contributed by atoms with Crippen LogP contribution in [-0.2, 0) is 13.5 Å². The second-order valence-electron chi connectivity index (χ2n) is 6.46. The Balaban J connectivity index is 1.41. The number of aromatic amines is 1. The van der Waals surface area contributed by atoms with E-state index in [1.54, 1.807) is 14.0 Å². The number of carbonyl (C=O) groups excluding carboxylic acids is 1. The lowest BCUT2D eigenvalue weighted by atomic mass is 10.2. The average Bonchev–Trinajstić information content (AvgIpc) is 3.22. The van der Waals surface area contributed by atoms with Gasteiger partial charge in [-0.15, -0.1) is 11.3 Å². The number of para-hydroxylation sites is 2. The molecule has 0 atom stereocenters. The molecule has 0 saturated heterocycles. The van der Waals surface area contributed by atoms with Crippen molar-refractivity contribution >= 4 is 38.5 Å². The van der Waals surface area contributed by atoms with E-state index in [1.165, 1.54) is 22.2 Å². The highest BCUT2D eigenvalue weighted by molar-refractivity contribution is 7.20. The van der Waals surface area contributed by atoms with Crippen molar-refractivity contribution in [3.05, 3.63) is 57.2 Å². The molecule has 0 radical (unpaired) electrons. The quantitative estimate of drug-likeness (QED) is 0.520. The van der Waals surface area contributed by atoms with Crippen molar-refractivity contribution in [2.24, 2.45) is 7.05 Å². The number of rotatable bonds is 5. The molecular formula is C19H19N5O2S. The maximum atomic E-state index is 12.5. The van der Waals surface area contributed by atoms with Crippen molar-refractivity contribution in [1.29, 1.82) is 0 Å². The molecule has 27 heavy (non-hydrogen) atoms. The SMILES string of the molecule is Cc1c(C(=O)NCCCc2nc3ccccc3[nH]2)sc2ncn(C)c(=O)c12. The number of hydrogen-bond donors (Lipinski definition) is 2. The van der Waals surface area contributed by atoms with Crippen LogP contribution in [0.3, 0.4) is 0 Å². The fraction of sp³-hybridized carbons (Fsp3) is 0.263. The summed E-state index contributed by atoms with van der Waals surface area (Å²) in [5.41, 5.74) is 2.54. The van der Waals surface area contributed by atoms with Gasteiger partial charge in [-0.3, -0.25) is 9.59 Å². The molecule has 0 fully saturated rings. The molecule has 8 heteroatoms. The first-order valence-electron chi connectivity index (χ1n) is 8.71. The Kier molecular flexibility index (Phi) is 4.49. The van der Waals surface area contributed by atoms with E-state index < -0.39 is 0 Å². The lowest BCUT2D eigenvalue weighted by Gasteiger charge is -2.03. The molecule has 3 heterocycles. The molecular weight excluding hydrogens is 362 g/mol. The minimum Gasteiger partial charge on any atom is -0.351 e. The number of nitrogens with zero attached hydrogens (tertiary/aromatic N) is 3. The first-order valence-corrected chi connectivity index (χ1v) is 9.53. The van der Waals surface area contributed by atoms with Gasteiger partial charge in [-0.1, -0.05) is 12.1 Å². The fourth-order valence-electron chi connectivity index (χ4n) is 3.09. The normalized spacial score (nSPS) is 11.3. The third-order valence-electron chi connectivity index (χ3n) is 4.53. The highest BCUT2D eigenvalue weighted by atomic mass is 32.1. The van der Waals surface area contributed by atoms with Gasteiger partial charge in [-0.25, -0.2) is 9.97 Å². The molecule has 4 aromatic rings. The van der Waals surface area contributed by atoms with Gasteiger partial charge in [0.15, 0.2) is 0 Å². The molecule has 0 unspecified atom stereocenters. The zero-order valence-electron chi connectivity index (χ0n) is 15.1. The van der Waals surface area contributed by atoms with Crippen LogP contribution < -0.4 is 10.9 Å². The summed E-state index contributed by atoms with van der Waals surface area (Å²) in [5.74, 6) is 0.748. The van der Waals surface area contributed by atoms with E-state index in [0.29, 0.717) is 27.2 Å². The van der Waals surface area contributed by atoms with Crippen LogP contribution in [0.1, 0.15) is 27.5 Å². The van der Waals surface area contributed by atoms with Crippen LogP contribution >= 0.6 is 11.3 Å². The number of H-pyrrole nitrogens is 1. The van der Waals surface area contributed by atoms with Gasteiger partial charge < -0.3 is 14.9 Å². The Morgan fingerprint density at radius 1 is 1.33 bits per heavy atom. The molecule has 0 saturated carbocycles. The largest absolute Gasteiger partial charge is 0.351 e. The number of imidazole rings is 1. The number of amides is 1. The Morgan fingerprint density at radius 3 is 2.96 bits per heavy atom. The second kappa shape index (κ2) is 6.96. The molecule has 0 aliphatic heterocycles. The number of aromatic nitrogens is 4. The van der Waals surface area contributed by atoms with E-state index in [2.05, 4.69) is 20.3 Å². The molecule has 1 amide bonds. The molecule has 2 N–H and O–H groups in total. The minimum absolute atomic E-state index is 0.127. The van der Waals surface area contributed by atoms with Gasteiger partial charge in [0.1, 0.15) is 10.7 Å². The number of fused-ring (bicyclic) bond motifs is 2. The molecule has 7 nitrogen and oxygen atoms in total. The van der Waals surface area contributed by atoms with Crippen LogP contribution in [0.25, 0.3) is 21.3 Å². The monoisotopic (exact) mass is 381 g/mol. The second-order valence-corrected chi connectivity index (χ2v) is 7.46. The van der Waals surface area contributed by atoms with E-state index in [0.717, 1.165) is 29.7 Å². The Morgan fingerprint density at radius 2 is 2.15 bits per heavy atom. The number of nitrogens with one attached hydrogen (secondary N) is 2. The fourth-order valence-corrected chi connectivity index (χ4v) is 4.14. The molecule has 0 spiro atoms. The maximum absolute atomic E-state index is 12.5. The third-order valence-corrected chi connectivity index (χ3v) is 5.73. The minimum atomic E-state index is -0.165. The lowest BCUT2D eigenvalue weighted by molar-refractivity contribution is 0.0956. The van der Waals surface area contributed by atoms with Crippen LogP contribution in [0.2, 0.25) is 0 Å². The molecule has 1 aromatic carbocycles. The maximum Gasteiger partial charge on any atom is 0.262 e. The summed E-state index contributed by atoms with van der Waals surface area (Å²) in [7, 11) is 1.66. The van der Waals surface area contributed by atoms with Gasteiger partial charge in [0.25, 0.3) is 11.5 Å². The number of thiophene rings is 1. The summed E-state index contributed by atoms with van der Waals surface area (Å²) in [6.45, 7) is 2.33. The molecule has 0 bridgehead atoms. The van der Waals surface area contributed by atoms with Gasteiger partial charge in [-0.2, -0.15) is 0 Å². The highest BCUT2D eigenvalue weighted by Gasteiger charge is 2.18. The van der Waals surface area contributed by atoms with Crippen LogP contribution in [0.4, 0.5) is 0 Å². The number of hydrogen-bond acceptors (Lipinski definition) is 5. The lowest BCUT2D eigenvalue weighted by Crippen LogP contribution is -2.24. The molecule has 4 rings (SSSR count). The molecule has 0 aliphatic carbocycles. The highest BCUT2D eigenvalue weighted by Crippen LogP contribution is 2.26. The van der Waals surface area contributed by atoms with Gasteiger partial charge in [0, 0.05) is 20.0 Å². The van der Waals surface area contributed by atoms with Crippen LogP contribution in [-0.4, -0.2) is 32.0 Å². The standard InChI is InChI=1S/C19H19N5O2S/c1-11-15-18(21-10-24(2)19(15)26)27-16(11)17(25)20-9-5-8-14-22-12-6-3-4-7-13(12)23-14/h3-4,6-7,10H,5,8-9H2,1-2H3,(H,20,25)(H,22,23). The number of benzene rings is 1. The average molecular weight is 381 g/mol. The van der Waals surface area contributed by atoms with Crippen molar-refractivity contribution in [2.45, 2.75) is 19.8 Å². The van der Waals surface area contributed by atoms with Gasteiger partial charge in [-0.05, 0) is 31.0 Å². The van der Waals surface area contributed by atoms with Crippen LogP contribution in [0.5, 0.6) is 0 Å². The summed E-state index contributed by atoms with van der Waals surface area (Å²) in [5, 5.41) is 3.46. The molecule has 138 valence electrons. The van der Waals surface area contributed by atoms with Crippen LogP contribution in [0.15, 0.2) is 35.4 Å². The van der Waals surface area contributed by atoms with E-state index in [4.69, 9.17) is 0 Å². The van der Waals surface area contributed by atoms with Gasteiger partial charge in [0.2, 0.25) is 0 Å². The Hall–Kier alpha value is -3.00. The zero-order valence-corrected chi connectivity index (χ0v) is 15.9. The van der Waals surface area contributed by atoms with Crippen molar-refractivity contribution in [2.75, 3.05) is 6.54 Å². The first-order chi connectivity index (χ1) is 13.0. The summed E-state index contributed by atoms with van der Waals surface area (Å²) >= 11 is 1.26. The first kappa shape index (κ1) is 17.4. The summed E-state index contributed by atoms with van der Waals surface area (Å²) in [4.78, 5) is 38.0. The third kappa shape index (κ3) is 3.23. The van der Waals surface area contributed by atoms with Crippen LogP contribution in [0, 0.1) is 6.92 Å². The predicted molar refractivity (Wildman–Crippen MR) is 106 cm³/mol. The Bertz CT molecular complexity index is 1170. The van der Waals surface area contributed by atoms with E-state index in [-0.39, 0.29) is 11.5 Å². The van der Waals surface area contributed by atoms with Crippen molar-refractivity contribution in [3.63, 3.8) is 0 Å². The van der Waals surface area contributed by atoms with Crippen molar-refractivity contribution < 1.29 is 4.79 Å². The summed E-state index contributed by atoms with van der Waals surface area (Å²) in [6, 6.07) is 7.90. The predicted octanol–water partition coefficient (Wildman–Crippen LogP) is 2.54. The summed E-state index contributed by atoms with van der Waals surface area (Å²) in [6.07, 6.45) is 3.01. The molecule has 3 aromatic heterocycles. The van der Waals surface area contributed by atoms with Crippen molar-refractivity contribution in [3.8, 4) is 0 Å². The summed E-state index contributed by atoms with van der Waals surface area (Å²) < 4.78 is 1.43. The van der Waals surface area contributed by atoms with E-state index in [9.17, 15) is 9.59 Å². The van der Waals surface area contributed by atoms with E-state index in [1.807, 2.05) is 24.3 Å².